The molecule has 4 aromatic rings. The average Bonchev–Trinajstić information content (AvgIpc) is 3.62. The number of aryl methyl sites for hydroxylation is 2. The van der Waals surface area contributed by atoms with E-state index < -0.39 is 11.0 Å². The first-order valence-corrected chi connectivity index (χ1v) is 16.0. The van der Waals surface area contributed by atoms with Crippen molar-refractivity contribution >= 4 is 40.2 Å². The Hall–Kier alpha value is -3.51. The van der Waals surface area contributed by atoms with E-state index in [1.54, 1.807) is 0 Å². The number of carbonyl (C=O) groups excluding carboxylic acids is 2. The minimum Gasteiger partial charge on any atom is -0.301 e. The van der Waals surface area contributed by atoms with Crippen molar-refractivity contribution in [2.75, 3.05) is 31.8 Å². The number of hydrogen-bond donors (Lipinski definition) is 0. The van der Waals surface area contributed by atoms with Crippen LogP contribution < -0.4 is 0 Å². The standard InChI is InChI=1S/C37H34N2O2S/c1-23-10-14-25(15-11-23)18-28-19-38(3)21-36(34(28)40)33(27-16-12-24(2)13-17-27)31-20-42-22-39(31)37(36)30-9-5-7-26-6-4-8-29(32(26)30)35(37)41/h4-18,31,33H,19-22H2,1-3H3/b28-18+/t31-,33-,36?,37-/m0/s1. The predicted molar refractivity (Wildman–Crippen MR) is 171 cm³/mol. The molecule has 1 unspecified atom stereocenters. The van der Waals surface area contributed by atoms with Gasteiger partial charge >= 0.3 is 0 Å². The summed E-state index contributed by atoms with van der Waals surface area (Å²) in [5.41, 5.74) is 5.06. The van der Waals surface area contributed by atoms with E-state index >= 15 is 9.59 Å². The van der Waals surface area contributed by atoms with Gasteiger partial charge in [-0.05, 0) is 54.4 Å². The van der Waals surface area contributed by atoms with Crippen LogP contribution in [0.3, 0.4) is 0 Å². The highest BCUT2D eigenvalue weighted by Gasteiger charge is 2.78. The van der Waals surface area contributed by atoms with E-state index in [1.165, 1.54) is 11.1 Å². The van der Waals surface area contributed by atoms with Crippen LogP contribution in [0.4, 0.5) is 0 Å². The molecule has 210 valence electrons. The van der Waals surface area contributed by atoms with E-state index in [-0.39, 0.29) is 23.5 Å². The Morgan fingerprint density at radius 3 is 2.29 bits per heavy atom. The maximum Gasteiger partial charge on any atom is 0.189 e. The molecule has 0 aromatic heterocycles. The number of benzene rings is 4. The van der Waals surface area contributed by atoms with Crippen molar-refractivity contribution in [3.8, 4) is 0 Å². The van der Waals surface area contributed by atoms with Crippen LogP contribution in [0, 0.1) is 19.3 Å². The first-order valence-electron chi connectivity index (χ1n) is 14.8. The highest BCUT2D eigenvalue weighted by molar-refractivity contribution is 7.99. The molecule has 4 nitrogen and oxygen atoms in total. The van der Waals surface area contributed by atoms with E-state index in [0.717, 1.165) is 50.2 Å². The van der Waals surface area contributed by atoms with Crippen LogP contribution in [0.1, 0.15) is 44.1 Å². The Morgan fingerprint density at radius 1 is 0.857 bits per heavy atom. The first kappa shape index (κ1) is 26.1. The molecule has 0 amide bonds. The first-order chi connectivity index (χ1) is 20.4. The summed E-state index contributed by atoms with van der Waals surface area (Å²) in [4.78, 5) is 35.5. The molecule has 0 N–H and O–H groups in total. The van der Waals surface area contributed by atoms with Crippen molar-refractivity contribution in [2.45, 2.75) is 31.3 Å². The molecule has 3 heterocycles. The van der Waals surface area contributed by atoms with Crippen LogP contribution in [-0.4, -0.2) is 59.2 Å². The van der Waals surface area contributed by atoms with Crippen molar-refractivity contribution in [1.82, 2.24) is 9.80 Å². The lowest BCUT2D eigenvalue weighted by atomic mass is 9.55. The maximum atomic E-state index is 15.5. The zero-order chi connectivity index (χ0) is 28.8. The molecule has 3 aliphatic heterocycles. The molecule has 1 aliphatic carbocycles. The number of ketones is 2. The van der Waals surface area contributed by atoms with Crippen molar-refractivity contribution < 1.29 is 9.59 Å². The van der Waals surface area contributed by atoms with Crippen molar-refractivity contribution in [3.63, 3.8) is 0 Å². The molecule has 4 aliphatic rings. The third-order valence-corrected chi connectivity index (χ3v) is 11.3. The van der Waals surface area contributed by atoms with Gasteiger partial charge in [0.15, 0.2) is 11.6 Å². The minimum atomic E-state index is -1.07. The van der Waals surface area contributed by atoms with Crippen LogP contribution in [-0.2, 0) is 10.3 Å². The second kappa shape index (κ2) is 9.24. The fourth-order valence-electron chi connectivity index (χ4n) is 8.74. The van der Waals surface area contributed by atoms with Crippen LogP contribution >= 0.6 is 11.8 Å². The molecule has 3 saturated heterocycles. The third-order valence-electron chi connectivity index (χ3n) is 10.3. The Morgan fingerprint density at radius 2 is 1.55 bits per heavy atom. The summed E-state index contributed by atoms with van der Waals surface area (Å²) in [6.45, 7) is 5.28. The molecule has 4 atom stereocenters. The SMILES string of the molecule is Cc1ccc(/C=C2\CN(C)CC3(C2=O)[C@@H](c2ccc(C)cc2)[C@@H]2CSCN2[C@@]32C(=O)c3cccc4cccc2c34)cc1. The second-order valence-electron chi connectivity index (χ2n) is 12.7. The molecule has 8 rings (SSSR count). The number of piperidine rings is 1. The van der Waals surface area contributed by atoms with Crippen LogP contribution in [0.2, 0.25) is 0 Å². The van der Waals surface area contributed by atoms with Gasteiger partial charge < -0.3 is 4.90 Å². The topological polar surface area (TPSA) is 40.6 Å². The summed E-state index contributed by atoms with van der Waals surface area (Å²) in [6.07, 6.45) is 2.07. The van der Waals surface area contributed by atoms with Gasteiger partial charge in [0.05, 0.1) is 5.41 Å². The quantitative estimate of drug-likeness (QED) is 0.254. The van der Waals surface area contributed by atoms with Crippen LogP contribution in [0.5, 0.6) is 0 Å². The Labute approximate surface area is 251 Å². The van der Waals surface area contributed by atoms with E-state index in [0.29, 0.717) is 13.1 Å². The van der Waals surface area contributed by atoms with Gasteiger partial charge in [0, 0.05) is 47.8 Å². The summed E-state index contributed by atoms with van der Waals surface area (Å²) < 4.78 is 0. The molecular weight excluding hydrogens is 536 g/mol. The van der Waals surface area contributed by atoms with Gasteiger partial charge in [0.2, 0.25) is 0 Å². The number of fused-ring (bicyclic) bond motifs is 4. The summed E-state index contributed by atoms with van der Waals surface area (Å²) in [5.74, 6) is 1.73. The van der Waals surface area contributed by atoms with Gasteiger partial charge in [-0.2, -0.15) is 0 Å². The molecule has 0 bridgehead atoms. The number of rotatable bonds is 2. The number of likely N-dealkylation sites (tertiary alicyclic amines) is 1. The molecule has 2 spiro atoms. The lowest BCUT2D eigenvalue weighted by Crippen LogP contribution is -2.65. The van der Waals surface area contributed by atoms with E-state index in [4.69, 9.17) is 0 Å². The Kier molecular flexibility index (Phi) is 5.75. The van der Waals surface area contributed by atoms with Gasteiger partial charge in [-0.1, -0.05) is 96.1 Å². The molecule has 0 radical (unpaired) electrons. The maximum absolute atomic E-state index is 15.5. The Bertz CT molecular complexity index is 1810. The monoisotopic (exact) mass is 570 g/mol. The predicted octanol–water partition coefficient (Wildman–Crippen LogP) is 6.61. The number of nitrogens with zero attached hydrogens (tertiary/aromatic N) is 2. The zero-order valence-electron chi connectivity index (χ0n) is 24.3. The number of Topliss-reactive ketones (excluding diaryl/α,β-unsaturated/α-hetero) is 2. The summed E-state index contributed by atoms with van der Waals surface area (Å²) in [7, 11) is 2.11. The molecular formula is C37H34N2O2S. The molecule has 4 aromatic carbocycles. The summed E-state index contributed by atoms with van der Waals surface area (Å²) in [6, 6.07) is 29.6. The fraction of sp³-hybridized carbons (Fsp3) is 0.297. The van der Waals surface area contributed by atoms with Gasteiger partial charge in [0.1, 0.15) is 5.54 Å². The lowest BCUT2D eigenvalue weighted by Gasteiger charge is -2.51. The number of carbonyl (C=O) groups is 2. The van der Waals surface area contributed by atoms with E-state index in [2.05, 4.69) is 110 Å². The van der Waals surface area contributed by atoms with E-state index in [1.807, 2.05) is 23.9 Å². The van der Waals surface area contributed by atoms with E-state index in [9.17, 15) is 0 Å². The highest BCUT2D eigenvalue weighted by Crippen LogP contribution is 2.69. The average molecular weight is 571 g/mol. The van der Waals surface area contributed by atoms with Crippen molar-refractivity contribution in [3.05, 3.63) is 124 Å². The van der Waals surface area contributed by atoms with Crippen LogP contribution in [0.15, 0.2) is 90.5 Å². The summed E-state index contributed by atoms with van der Waals surface area (Å²) >= 11 is 1.89. The van der Waals surface area contributed by atoms with Gasteiger partial charge in [-0.25, -0.2) is 0 Å². The Balaban J connectivity index is 1.45. The molecule has 0 saturated carbocycles. The second-order valence-corrected chi connectivity index (χ2v) is 13.7. The number of hydrogen-bond acceptors (Lipinski definition) is 5. The smallest absolute Gasteiger partial charge is 0.189 e. The molecule has 3 fully saturated rings. The van der Waals surface area contributed by atoms with Crippen molar-refractivity contribution in [1.29, 1.82) is 0 Å². The largest absolute Gasteiger partial charge is 0.301 e. The van der Waals surface area contributed by atoms with Gasteiger partial charge in [-0.15, -0.1) is 11.8 Å². The fourth-order valence-corrected chi connectivity index (χ4v) is 10.0. The lowest BCUT2D eigenvalue weighted by molar-refractivity contribution is -0.134. The summed E-state index contributed by atoms with van der Waals surface area (Å²) in [5, 5.41) is 2.09. The molecule has 42 heavy (non-hydrogen) atoms. The zero-order valence-corrected chi connectivity index (χ0v) is 25.1. The normalized spacial score (nSPS) is 29.9. The number of likely N-dealkylation sites (N-methyl/N-ethyl adjacent to an activating group) is 1. The van der Waals surface area contributed by atoms with Gasteiger partial charge in [-0.3, -0.25) is 14.5 Å². The highest BCUT2D eigenvalue weighted by atomic mass is 32.2. The minimum absolute atomic E-state index is 0.0716. The third kappa shape index (κ3) is 3.27. The number of thioether (sulfide) groups is 1. The van der Waals surface area contributed by atoms with Crippen molar-refractivity contribution in [2.24, 2.45) is 5.41 Å². The van der Waals surface area contributed by atoms with Crippen LogP contribution in [0.25, 0.3) is 16.8 Å². The van der Waals surface area contributed by atoms with Gasteiger partial charge in [0.25, 0.3) is 0 Å². The molecule has 5 heteroatoms.